The maximum atomic E-state index is 12.5. The van der Waals surface area contributed by atoms with Crippen molar-refractivity contribution >= 4 is 29.3 Å². The Labute approximate surface area is 175 Å². The number of piperazine rings is 1. The predicted molar refractivity (Wildman–Crippen MR) is 107 cm³/mol. The second-order valence-electron chi connectivity index (χ2n) is 7.05. The van der Waals surface area contributed by atoms with E-state index in [0.29, 0.717) is 76.1 Å². The highest BCUT2D eigenvalue weighted by atomic mass is 35.5. The van der Waals surface area contributed by atoms with Crippen LogP contribution in [0, 0.1) is 0 Å². The molecule has 1 aromatic rings. The lowest BCUT2D eigenvalue weighted by molar-refractivity contribution is -0.155. The number of carbonyl (C=O) groups is 3. The zero-order valence-electron chi connectivity index (χ0n) is 16.6. The molecule has 0 aromatic heterocycles. The molecule has 0 bridgehead atoms. The van der Waals surface area contributed by atoms with Gasteiger partial charge in [-0.2, -0.15) is 0 Å². The van der Waals surface area contributed by atoms with Gasteiger partial charge in [-0.1, -0.05) is 17.7 Å². The van der Waals surface area contributed by atoms with Gasteiger partial charge in [-0.3, -0.25) is 14.4 Å². The van der Waals surface area contributed by atoms with Gasteiger partial charge in [0.05, 0.1) is 25.3 Å². The summed E-state index contributed by atoms with van der Waals surface area (Å²) in [6.07, 6.45) is 0.945. The van der Waals surface area contributed by atoms with Crippen molar-refractivity contribution in [1.82, 2.24) is 14.7 Å². The van der Waals surface area contributed by atoms with Gasteiger partial charge in [0, 0.05) is 45.7 Å². The number of halogens is 1. The van der Waals surface area contributed by atoms with E-state index >= 15 is 0 Å². The topological polar surface area (TPSA) is 79.4 Å². The number of methoxy groups -OCH3 is 1. The Morgan fingerprint density at radius 2 is 1.55 bits per heavy atom. The number of carbonyl (C=O) groups excluding carboxylic acids is 3. The molecular formula is C20H26ClN3O5. The van der Waals surface area contributed by atoms with Crippen molar-refractivity contribution in [1.29, 1.82) is 0 Å². The van der Waals surface area contributed by atoms with Gasteiger partial charge in [-0.05, 0) is 24.1 Å². The monoisotopic (exact) mass is 423 g/mol. The second kappa shape index (κ2) is 9.93. The summed E-state index contributed by atoms with van der Waals surface area (Å²) in [7, 11) is 1.56. The Morgan fingerprint density at radius 3 is 2.14 bits per heavy atom. The minimum atomic E-state index is -0.494. The van der Waals surface area contributed by atoms with Crippen molar-refractivity contribution in [2.24, 2.45) is 0 Å². The number of rotatable bonds is 4. The Kier molecular flexibility index (Phi) is 7.33. The van der Waals surface area contributed by atoms with E-state index in [-0.39, 0.29) is 5.91 Å². The van der Waals surface area contributed by atoms with Crippen LogP contribution in [0.3, 0.4) is 0 Å². The maximum Gasteiger partial charge on any atom is 0.312 e. The van der Waals surface area contributed by atoms with E-state index < -0.39 is 11.8 Å². The van der Waals surface area contributed by atoms with Crippen LogP contribution >= 0.6 is 11.6 Å². The molecule has 2 saturated heterocycles. The smallest absolute Gasteiger partial charge is 0.312 e. The molecule has 0 N–H and O–H groups in total. The number of amides is 3. The summed E-state index contributed by atoms with van der Waals surface area (Å²) in [6, 6.07) is 5.49. The molecule has 3 amide bonds. The lowest BCUT2D eigenvalue weighted by atomic mass is 10.1. The zero-order valence-corrected chi connectivity index (χ0v) is 17.3. The molecule has 0 saturated carbocycles. The van der Waals surface area contributed by atoms with Crippen molar-refractivity contribution in [3.8, 4) is 5.75 Å². The highest BCUT2D eigenvalue weighted by molar-refractivity contribution is 6.35. The predicted octanol–water partition coefficient (Wildman–Crippen LogP) is 0.811. The van der Waals surface area contributed by atoms with Crippen LogP contribution in [0.1, 0.15) is 12.0 Å². The fourth-order valence-corrected chi connectivity index (χ4v) is 3.75. The molecule has 0 atom stereocenters. The third-order valence-corrected chi connectivity index (χ3v) is 5.54. The minimum absolute atomic E-state index is 0.0311. The van der Waals surface area contributed by atoms with Gasteiger partial charge in [-0.15, -0.1) is 0 Å². The van der Waals surface area contributed by atoms with Crippen molar-refractivity contribution in [2.45, 2.75) is 12.8 Å². The third kappa shape index (κ3) is 5.39. The summed E-state index contributed by atoms with van der Waals surface area (Å²) in [5.41, 5.74) is 0.967. The van der Waals surface area contributed by atoms with Crippen LogP contribution < -0.4 is 4.74 Å². The molecule has 0 aliphatic carbocycles. The fourth-order valence-electron chi connectivity index (χ4n) is 3.47. The molecule has 158 valence electrons. The number of hydrogen-bond acceptors (Lipinski definition) is 5. The van der Waals surface area contributed by atoms with Crippen LogP contribution in [0.4, 0.5) is 0 Å². The molecule has 0 radical (unpaired) electrons. The van der Waals surface area contributed by atoms with E-state index in [1.165, 1.54) is 9.80 Å². The van der Waals surface area contributed by atoms with Crippen LogP contribution in [0.5, 0.6) is 5.75 Å². The van der Waals surface area contributed by atoms with Crippen LogP contribution in [0.25, 0.3) is 0 Å². The lowest BCUT2D eigenvalue weighted by Gasteiger charge is -2.36. The summed E-state index contributed by atoms with van der Waals surface area (Å²) < 4.78 is 10.3. The molecule has 3 rings (SSSR count). The molecule has 0 spiro atoms. The molecule has 9 heteroatoms. The minimum Gasteiger partial charge on any atom is -0.495 e. The van der Waals surface area contributed by atoms with E-state index in [9.17, 15) is 14.4 Å². The van der Waals surface area contributed by atoms with E-state index in [4.69, 9.17) is 21.1 Å². The molecule has 29 heavy (non-hydrogen) atoms. The molecular weight excluding hydrogens is 398 g/mol. The van der Waals surface area contributed by atoms with Crippen molar-refractivity contribution < 1.29 is 23.9 Å². The van der Waals surface area contributed by atoms with Gasteiger partial charge in [0.15, 0.2) is 0 Å². The molecule has 2 fully saturated rings. The molecule has 2 heterocycles. The van der Waals surface area contributed by atoms with Gasteiger partial charge in [0.2, 0.25) is 5.91 Å². The number of hydrogen-bond donors (Lipinski definition) is 0. The van der Waals surface area contributed by atoms with E-state index in [1.54, 1.807) is 18.1 Å². The van der Waals surface area contributed by atoms with E-state index in [1.807, 2.05) is 12.1 Å². The summed E-state index contributed by atoms with van der Waals surface area (Å²) in [5.74, 6) is -0.339. The number of nitrogens with zero attached hydrogens (tertiary/aromatic N) is 3. The van der Waals surface area contributed by atoms with Crippen LogP contribution in [-0.2, 0) is 25.5 Å². The lowest BCUT2D eigenvalue weighted by Crippen LogP contribution is -2.55. The van der Waals surface area contributed by atoms with Crippen molar-refractivity contribution in [3.63, 3.8) is 0 Å². The average molecular weight is 424 g/mol. The van der Waals surface area contributed by atoms with Crippen molar-refractivity contribution in [2.75, 3.05) is 59.6 Å². The van der Waals surface area contributed by atoms with Crippen LogP contribution in [-0.4, -0.2) is 92.0 Å². The highest BCUT2D eigenvalue weighted by Gasteiger charge is 2.31. The summed E-state index contributed by atoms with van der Waals surface area (Å²) in [4.78, 5) is 42.1. The van der Waals surface area contributed by atoms with E-state index in [2.05, 4.69) is 0 Å². The number of morpholine rings is 1. The first kappa shape index (κ1) is 21.4. The van der Waals surface area contributed by atoms with Gasteiger partial charge < -0.3 is 24.2 Å². The summed E-state index contributed by atoms with van der Waals surface area (Å²) in [6.45, 7) is 3.41. The quantitative estimate of drug-likeness (QED) is 0.670. The van der Waals surface area contributed by atoms with E-state index in [0.717, 1.165) is 5.56 Å². The summed E-state index contributed by atoms with van der Waals surface area (Å²) in [5, 5.41) is 0.523. The fraction of sp³-hybridized carbons (Fsp3) is 0.550. The number of benzene rings is 1. The van der Waals surface area contributed by atoms with Crippen molar-refractivity contribution in [3.05, 3.63) is 28.8 Å². The first-order chi connectivity index (χ1) is 14.0. The average Bonchev–Trinajstić information content (AvgIpc) is 2.77. The van der Waals surface area contributed by atoms with Crippen LogP contribution in [0.15, 0.2) is 18.2 Å². The Morgan fingerprint density at radius 1 is 0.966 bits per heavy atom. The zero-order chi connectivity index (χ0) is 20.8. The normalized spacial score (nSPS) is 17.2. The first-order valence-corrected chi connectivity index (χ1v) is 10.1. The maximum absolute atomic E-state index is 12.5. The standard InChI is InChI=1S/C20H26ClN3O5/c1-28-17-4-2-15(14-16(17)21)3-5-18(25)22-6-8-23(9-7-22)19(26)20(27)24-10-12-29-13-11-24/h2,4,14H,3,5-13H2,1H3. The van der Waals surface area contributed by atoms with Gasteiger partial charge in [0.25, 0.3) is 0 Å². The summed E-state index contributed by atoms with van der Waals surface area (Å²) >= 11 is 6.13. The second-order valence-corrected chi connectivity index (χ2v) is 7.45. The Balaban J connectivity index is 1.44. The highest BCUT2D eigenvalue weighted by Crippen LogP contribution is 2.25. The molecule has 2 aliphatic rings. The van der Waals surface area contributed by atoms with Gasteiger partial charge >= 0.3 is 11.8 Å². The Bertz CT molecular complexity index is 758. The van der Waals surface area contributed by atoms with Gasteiger partial charge in [0.1, 0.15) is 5.75 Å². The largest absolute Gasteiger partial charge is 0.495 e. The number of ether oxygens (including phenoxy) is 2. The molecule has 8 nitrogen and oxygen atoms in total. The third-order valence-electron chi connectivity index (χ3n) is 5.24. The van der Waals surface area contributed by atoms with Gasteiger partial charge in [-0.25, -0.2) is 0 Å². The molecule has 2 aliphatic heterocycles. The van der Waals surface area contributed by atoms with Crippen LogP contribution in [0.2, 0.25) is 5.02 Å². The molecule has 0 unspecified atom stereocenters. The number of aryl methyl sites for hydroxylation is 1. The Hall–Kier alpha value is -2.32. The molecule has 1 aromatic carbocycles. The SMILES string of the molecule is COc1ccc(CCC(=O)N2CCN(C(=O)C(=O)N3CCOCC3)CC2)cc1Cl. The first-order valence-electron chi connectivity index (χ1n) is 9.75.